The molecule has 122 valence electrons. The molecule has 0 fully saturated rings. The molecule has 0 aliphatic heterocycles. The molecule has 3 rings (SSSR count). The van der Waals surface area contributed by atoms with Crippen molar-refractivity contribution in [3.05, 3.63) is 53.7 Å². The number of halogens is 1. The van der Waals surface area contributed by atoms with Crippen LogP contribution in [0.4, 0.5) is 10.2 Å². The lowest BCUT2D eigenvalue weighted by molar-refractivity contribution is 0.100. The molecule has 1 amide bonds. The molecule has 0 radical (unpaired) electrons. The molecule has 0 atom stereocenters. The summed E-state index contributed by atoms with van der Waals surface area (Å²) in [6.45, 7) is 1.63. The fourth-order valence-corrected chi connectivity index (χ4v) is 2.06. The van der Waals surface area contributed by atoms with Crippen LogP contribution < -0.4 is 16.2 Å². The Kier molecular flexibility index (Phi) is 3.82. The lowest BCUT2D eigenvalue weighted by Gasteiger charge is -2.09. The second kappa shape index (κ2) is 5.95. The van der Waals surface area contributed by atoms with E-state index in [-0.39, 0.29) is 28.8 Å². The molecule has 2 aromatic heterocycles. The number of nitrogens with zero attached hydrogens (tertiary/aromatic N) is 4. The van der Waals surface area contributed by atoms with Crippen LogP contribution in [0.1, 0.15) is 16.2 Å². The number of carbonyl (C=O) groups is 1. The molecule has 0 unspecified atom stereocenters. The highest BCUT2D eigenvalue weighted by Crippen LogP contribution is 2.24. The van der Waals surface area contributed by atoms with Crippen molar-refractivity contribution in [3.63, 3.8) is 0 Å². The molecule has 0 aliphatic rings. The van der Waals surface area contributed by atoms with Crippen molar-refractivity contribution in [2.45, 2.75) is 6.92 Å². The predicted octanol–water partition coefficient (Wildman–Crippen LogP) is 1.58. The number of carbonyl (C=O) groups excluding carboxylic acids is 1. The summed E-state index contributed by atoms with van der Waals surface area (Å²) in [5.74, 6) is -0.436. The van der Waals surface area contributed by atoms with Crippen molar-refractivity contribution in [1.29, 1.82) is 0 Å². The first-order valence-electron chi connectivity index (χ1n) is 6.87. The second-order valence-electron chi connectivity index (χ2n) is 4.86. The van der Waals surface area contributed by atoms with Crippen LogP contribution in [0.25, 0.3) is 5.82 Å². The number of amides is 1. The van der Waals surface area contributed by atoms with Gasteiger partial charge in [0.1, 0.15) is 17.2 Å². The summed E-state index contributed by atoms with van der Waals surface area (Å²) in [6, 6.07) is 7.36. The maximum absolute atomic E-state index is 13.7. The molecule has 9 heteroatoms. The van der Waals surface area contributed by atoms with Crippen LogP contribution in [0.2, 0.25) is 0 Å². The molecule has 0 saturated heterocycles. The van der Waals surface area contributed by atoms with Crippen molar-refractivity contribution in [2.75, 3.05) is 5.73 Å². The highest BCUT2D eigenvalue weighted by molar-refractivity contribution is 5.97. The van der Waals surface area contributed by atoms with Gasteiger partial charge >= 0.3 is 0 Å². The smallest absolute Gasteiger partial charge is 0.254 e. The number of hydrogen-bond donors (Lipinski definition) is 2. The van der Waals surface area contributed by atoms with E-state index in [1.807, 2.05) is 0 Å². The summed E-state index contributed by atoms with van der Waals surface area (Å²) in [4.78, 5) is 19.5. The topological polar surface area (TPSA) is 122 Å². The fourth-order valence-electron chi connectivity index (χ4n) is 2.06. The Hall–Kier alpha value is -3.49. The van der Waals surface area contributed by atoms with Crippen molar-refractivity contribution < 1.29 is 13.9 Å². The zero-order chi connectivity index (χ0) is 17.3. The highest BCUT2D eigenvalue weighted by atomic mass is 19.1. The van der Waals surface area contributed by atoms with Crippen LogP contribution in [0.3, 0.4) is 0 Å². The Labute approximate surface area is 135 Å². The van der Waals surface area contributed by atoms with E-state index in [0.717, 1.165) is 0 Å². The number of hydrogen-bond acceptors (Lipinski definition) is 6. The molecular formula is C15H13FN6O2. The third-order valence-corrected chi connectivity index (χ3v) is 3.14. The number of nitrogen functional groups attached to an aromatic ring is 1. The predicted molar refractivity (Wildman–Crippen MR) is 83.3 cm³/mol. The van der Waals surface area contributed by atoms with Crippen LogP contribution >= 0.6 is 0 Å². The SMILES string of the molecule is Cc1nc(Oc2ccccc2F)cc(-n2ncc(C(N)=O)c2N)n1. The molecule has 2 heterocycles. The summed E-state index contributed by atoms with van der Waals surface area (Å²) in [6.07, 6.45) is 1.24. The summed E-state index contributed by atoms with van der Waals surface area (Å²) in [7, 11) is 0. The van der Waals surface area contributed by atoms with E-state index in [0.29, 0.717) is 5.82 Å². The number of benzene rings is 1. The maximum Gasteiger partial charge on any atom is 0.254 e. The Morgan fingerprint density at radius 3 is 2.71 bits per heavy atom. The number of aromatic nitrogens is 4. The quantitative estimate of drug-likeness (QED) is 0.750. The minimum atomic E-state index is -0.702. The van der Waals surface area contributed by atoms with Gasteiger partial charge in [0, 0.05) is 6.07 Å². The van der Waals surface area contributed by atoms with Gasteiger partial charge in [-0.05, 0) is 19.1 Å². The van der Waals surface area contributed by atoms with Gasteiger partial charge in [0.25, 0.3) is 5.91 Å². The fraction of sp³-hybridized carbons (Fsp3) is 0.0667. The summed E-state index contributed by atoms with van der Waals surface area (Å²) >= 11 is 0. The lowest BCUT2D eigenvalue weighted by atomic mass is 10.3. The third kappa shape index (κ3) is 2.86. The standard InChI is InChI=1S/C15H13FN6O2/c1-8-20-12(22-14(17)9(7-19-22)15(18)23)6-13(21-8)24-11-5-3-2-4-10(11)16/h2-7H,17H2,1H3,(H2,18,23). The molecule has 3 aromatic rings. The largest absolute Gasteiger partial charge is 0.436 e. The molecule has 0 bridgehead atoms. The number of aryl methyl sites for hydroxylation is 1. The number of ether oxygens (including phenoxy) is 1. The van der Waals surface area contributed by atoms with Gasteiger partial charge in [0.2, 0.25) is 5.88 Å². The monoisotopic (exact) mass is 328 g/mol. The van der Waals surface area contributed by atoms with Crippen LogP contribution in [0, 0.1) is 12.7 Å². The van der Waals surface area contributed by atoms with Gasteiger partial charge < -0.3 is 16.2 Å². The van der Waals surface area contributed by atoms with E-state index in [1.54, 1.807) is 19.1 Å². The van der Waals surface area contributed by atoms with Crippen LogP contribution in [-0.4, -0.2) is 25.7 Å². The number of rotatable bonds is 4. The van der Waals surface area contributed by atoms with Gasteiger partial charge in [-0.15, -0.1) is 0 Å². The Morgan fingerprint density at radius 2 is 2.04 bits per heavy atom. The molecule has 4 N–H and O–H groups in total. The average Bonchev–Trinajstić information content (AvgIpc) is 2.91. The zero-order valence-electron chi connectivity index (χ0n) is 12.6. The van der Waals surface area contributed by atoms with Gasteiger partial charge in [0.05, 0.1) is 6.20 Å². The molecule has 8 nitrogen and oxygen atoms in total. The third-order valence-electron chi connectivity index (χ3n) is 3.14. The van der Waals surface area contributed by atoms with Gasteiger partial charge in [-0.3, -0.25) is 4.79 Å². The van der Waals surface area contributed by atoms with Gasteiger partial charge in [0.15, 0.2) is 17.4 Å². The summed E-state index contributed by atoms with van der Waals surface area (Å²) < 4.78 is 20.4. The first-order chi connectivity index (χ1) is 11.5. The van der Waals surface area contributed by atoms with E-state index in [4.69, 9.17) is 16.2 Å². The lowest BCUT2D eigenvalue weighted by Crippen LogP contribution is -2.14. The Morgan fingerprint density at radius 1 is 1.29 bits per heavy atom. The normalized spacial score (nSPS) is 10.6. The molecular weight excluding hydrogens is 315 g/mol. The van der Waals surface area contributed by atoms with Crippen LogP contribution in [0.5, 0.6) is 11.6 Å². The first kappa shape index (κ1) is 15.4. The number of nitrogens with two attached hydrogens (primary N) is 2. The average molecular weight is 328 g/mol. The second-order valence-corrected chi connectivity index (χ2v) is 4.86. The van der Waals surface area contributed by atoms with Crippen molar-refractivity contribution in [2.24, 2.45) is 5.73 Å². The zero-order valence-corrected chi connectivity index (χ0v) is 12.6. The van der Waals surface area contributed by atoms with Gasteiger partial charge in [-0.25, -0.2) is 9.37 Å². The van der Waals surface area contributed by atoms with E-state index >= 15 is 0 Å². The minimum Gasteiger partial charge on any atom is -0.436 e. The van der Waals surface area contributed by atoms with Gasteiger partial charge in [-0.2, -0.15) is 14.8 Å². The Bertz CT molecular complexity index is 924. The molecule has 0 saturated carbocycles. The molecule has 0 spiro atoms. The van der Waals surface area contributed by atoms with Crippen molar-refractivity contribution in [1.82, 2.24) is 19.7 Å². The molecule has 0 aliphatic carbocycles. The minimum absolute atomic E-state index is 0.0211. The maximum atomic E-state index is 13.7. The van der Waals surface area contributed by atoms with E-state index in [9.17, 15) is 9.18 Å². The first-order valence-corrected chi connectivity index (χ1v) is 6.87. The van der Waals surface area contributed by atoms with Gasteiger partial charge in [-0.1, -0.05) is 12.1 Å². The molecule has 24 heavy (non-hydrogen) atoms. The van der Waals surface area contributed by atoms with E-state index in [2.05, 4.69) is 15.1 Å². The van der Waals surface area contributed by atoms with Crippen molar-refractivity contribution >= 4 is 11.7 Å². The van der Waals surface area contributed by atoms with Crippen molar-refractivity contribution in [3.8, 4) is 17.4 Å². The highest BCUT2D eigenvalue weighted by Gasteiger charge is 2.16. The van der Waals surface area contributed by atoms with Crippen LogP contribution in [0.15, 0.2) is 36.5 Å². The number of anilines is 1. The number of primary amides is 1. The summed E-state index contributed by atoms with van der Waals surface area (Å²) in [5.41, 5.74) is 11.1. The number of para-hydroxylation sites is 1. The van der Waals surface area contributed by atoms with E-state index in [1.165, 1.54) is 29.1 Å². The summed E-state index contributed by atoms with van der Waals surface area (Å²) in [5, 5.41) is 3.98. The Balaban J connectivity index is 2.01. The van der Waals surface area contributed by atoms with Crippen LogP contribution in [-0.2, 0) is 0 Å². The van der Waals surface area contributed by atoms with E-state index < -0.39 is 11.7 Å². The molecule has 1 aromatic carbocycles.